The van der Waals surface area contributed by atoms with Crippen molar-refractivity contribution in [1.29, 1.82) is 0 Å². The number of aromatic hydroxyl groups is 1. The first-order chi connectivity index (χ1) is 12.3. The van der Waals surface area contributed by atoms with E-state index in [4.69, 9.17) is 0 Å². The van der Waals surface area contributed by atoms with Gasteiger partial charge in [0.05, 0.1) is 5.39 Å². The average Bonchev–Trinajstić information content (AvgIpc) is 2.59. The molecule has 0 unspecified atom stereocenters. The molecule has 0 fully saturated rings. The number of fused-ring (bicyclic) bond motifs is 2. The van der Waals surface area contributed by atoms with Crippen molar-refractivity contribution >= 4 is 21.5 Å². The monoisotopic (exact) mass is 342 g/mol. The molecule has 3 aromatic carbocycles. The minimum Gasteiger partial charge on any atom is -0.508 e. The van der Waals surface area contributed by atoms with Crippen LogP contribution in [0.1, 0.15) is 26.3 Å². The van der Waals surface area contributed by atoms with Gasteiger partial charge < -0.3 is 5.11 Å². The Kier molecular flexibility index (Phi) is 3.73. The molecular weight excluding hydrogens is 318 g/mol. The molecule has 0 bridgehead atoms. The van der Waals surface area contributed by atoms with Gasteiger partial charge in [-0.15, -0.1) is 0 Å². The van der Waals surface area contributed by atoms with E-state index in [1.54, 1.807) is 0 Å². The van der Waals surface area contributed by atoms with Gasteiger partial charge in [-0.1, -0.05) is 51.1 Å². The van der Waals surface area contributed by atoms with E-state index in [2.05, 4.69) is 80.2 Å². The fraction of sp³-hybridized carbons (Fsp3) is 0.208. The van der Waals surface area contributed by atoms with Gasteiger partial charge in [-0.2, -0.15) is 0 Å². The molecule has 0 amide bonds. The molecule has 0 aliphatic rings. The SMILES string of the molecule is C[n+]1ccc2cc3cc(C(C)(C)C)c(O)cc3c(-c3ccccc3)c2c1. The van der Waals surface area contributed by atoms with Crippen LogP contribution in [-0.4, -0.2) is 5.11 Å². The van der Waals surface area contributed by atoms with E-state index in [1.807, 2.05) is 19.2 Å². The summed E-state index contributed by atoms with van der Waals surface area (Å²) in [7, 11) is 2.04. The number of aromatic nitrogens is 1. The molecule has 0 aliphatic heterocycles. The molecule has 130 valence electrons. The van der Waals surface area contributed by atoms with Gasteiger partial charge in [0, 0.05) is 11.6 Å². The summed E-state index contributed by atoms with van der Waals surface area (Å²) in [5.74, 6) is 0.363. The standard InChI is InChI=1S/C24H23NO/c1-24(2,3)21-13-18-12-17-10-11-25(4)15-20(17)23(19(18)14-22(21)26)16-8-6-5-7-9-16/h5-15H,1-4H3/p+1. The van der Waals surface area contributed by atoms with E-state index >= 15 is 0 Å². The number of rotatable bonds is 1. The molecule has 0 spiro atoms. The Morgan fingerprint density at radius 2 is 1.58 bits per heavy atom. The Morgan fingerprint density at radius 1 is 0.846 bits per heavy atom. The number of hydrogen-bond donors (Lipinski definition) is 1. The molecule has 2 heteroatoms. The summed E-state index contributed by atoms with van der Waals surface area (Å²) in [6, 6.07) is 18.9. The maximum Gasteiger partial charge on any atom is 0.177 e. The molecule has 0 radical (unpaired) electrons. The highest BCUT2D eigenvalue weighted by molar-refractivity contribution is 6.12. The number of nitrogens with zero attached hydrogens (tertiary/aromatic N) is 1. The van der Waals surface area contributed by atoms with Gasteiger partial charge in [0.2, 0.25) is 0 Å². The number of benzene rings is 3. The molecule has 2 nitrogen and oxygen atoms in total. The van der Waals surface area contributed by atoms with Gasteiger partial charge in [-0.05, 0) is 50.9 Å². The lowest BCUT2D eigenvalue weighted by Crippen LogP contribution is -2.26. The van der Waals surface area contributed by atoms with Crippen LogP contribution in [0.25, 0.3) is 32.7 Å². The Balaban J connectivity index is 2.19. The van der Waals surface area contributed by atoms with Crippen molar-refractivity contribution in [1.82, 2.24) is 0 Å². The molecule has 4 aromatic rings. The molecule has 0 aliphatic carbocycles. The molecule has 0 saturated heterocycles. The molecule has 0 atom stereocenters. The number of aryl methyl sites for hydroxylation is 1. The Labute approximate surface area is 154 Å². The summed E-state index contributed by atoms with van der Waals surface area (Å²) in [5.41, 5.74) is 3.20. The van der Waals surface area contributed by atoms with Crippen LogP contribution < -0.4 is 4.57 Å². The number of phenolic OH excluding ortho intramolecular Hbond substituents is 1. The third-order valence-corrected chi connectivity index (χ3v) is 5.02. The lowest BCUT2D eigenvalue weighted by atomic mass is 9.83. The fourth-order valence-electron chi connectivity index (χ4n) is 3.71. The van der Waals surface area contributed by atoms with Crippen LogP contribution in [-0.2, 0) is 12.5 Å². The Bertz CT molecular complexity index is 1120. The molecule has 1 heterocycles. The Hall–Kier alpha value is -2.87. The third kappa shape index (κ3) is 2.72. The van der Waals surface area contributed by atoms with Gasteiger partial charge >= 0.3 is 0 Å². The number of hydrogen-bond acceptors (Lipinski definition) is 1. The lowest BCUT2D eigenvalue weighted by Gasteiger charge is -2.22. The van der Waals surface area contributed by atoms with Gasteiger partial charge in [-0.3, -0.25) is 0 Å². The van der Waals surface area contributed by atoms with Crippen LogP contribution in [0.5, 0.6) is 5.75 Å². The highest BCUT2D eigenvalue weighted by Crippen LogP contribution is 2.41. The van der Waals surface area contributed by atoms with Crippen LogP contribution in [0.2, 0.25) is 0 Å². The van der Waals surface area contributed by atoms with Crippen molar-refractivity contribution in [3.05, 3.63) is 72.6 Å². The van der Waals surface area contributed by atoms with Crippen molar-refractivity contribution in [2.45, 2.75) is 26.2 Å². The van der Waals surface area contributed by atoms with Gasteiger partial charge in [0.15, 0.2) is 12.4 Å². The lowest BCUT2D eigenvalue weighted by molar-refractivity contribution is -0.670. The quantitative estimate of drug-likeness (QED) is 0.359. The van der Waals surface area contributed by atoms with E-state index < -0.39 is 0 Å². The topological polar surface area (TPSA) is 24.1 Å². The average molecular weight is 342 g/mol. The molecule has 1 N–H and O–H groups in total. The highest BCUT2D eigenvalue weighted by Gasteiger charge is 2.21. The Morgan fingerprint density at radius 3 is 2.27 bits per heavy atom. The first kappa shape index (κ1) is 16.6. The summed E-state index contributed by atoms with van der Waals surface area (Å²) in [6.45, 7) is 6.40. The van der Waals surface area contributed by atoms with Crippen molar-refractivity contribution in [2.24, 2.45) is 7.05 Å². The normalized spacial score (nSPS) is 12.0. The van der Waals surface area contributed by atoms with Crippen LogP contribution in [0.15, 0.2) is 67.0 Å². The van der Waals surface area contributed by atoms with E-state index in [9.17, 15) is 5.11 Å². The maximum atomic E-state index is 10.7. The molecule has 1 aromatic heterocycles. The van der Waals surface area contributed by atoms with E-state index in [0.29, 0.717) is 5.75 Å². The second-order valence-electron chi connectivity index (χ2n) is 8.07. The van der Waals surface area contributed by atoms with E-state index in [-0.39, 0.29) is 5.41 Å². The van der Waals surface area contributed by atoms with Crippen LogP contribution in [0, 0.1) is 0 Å². The first-order valence-electron chi connectivity index (χ1n) is 8.99. The summed E-state index contributed by atoms with van der Waals surface area (Å²) < 4.78 is 2.07. The third-order valence-electron chi connectivity index (χ3n) is 5.02. The minimum absolute atomic E-state index is 0.108. The highest BCUT2D eigenvalue weighted by atomic mass is 16.3. The molecular formula is C24H24NO+. The smallest absolute Gasteiger partial charge is 0.177 e. The molecule has 4 rings (SSSR count). The molecule has 26 heavy (non-hydrogen) atoms. The zero-order chi connectivity index (χ0) is 18.5. The number of pyridine rings is 1. The van der Waals surface area contributed by atoms with Crippen LogP contribution in [0.3, 0.4) is 0 Å². The maximum absolute atomic E-state index is 10.7. The largest absolute Gasteiger partial charge is 0.508 e. The zero-order valence-corrected chi connectivity index (χ0v) is 15.7. The van der Waals surface area contributed by atoms with Crippen molar-refractivity contribution < 1.29 is 9.67 Å². The zero-order valence-electron chi connectivity index (χ0n) is 15.7. The molecule has 0 saturated carbocycles. The fourth-order valence-corrected chi connectivity index (χ4v) is 3.71. The number of phenols is 1. The van der Waals surface area contributed by atoms with Crippen molar-refractivity contribution in [3.8, 4) is 16.9 Å². The van der Waals surface area contributed by atoms with Crippen molar-refractivity contribution in [3.63, 3.8) is 0 Å². The second kappa shape index (κ2) is 5.84. The summed E-state index contributed by atoms with van der Waals surface area (Å²) >= 11 is 0. The van der Waals surface area contributed by atoms with Crippen LogP contribution >= 0.6 is 0 Å². The first-order valence-corrected chi connectivity index (χ1v) is 8.99. The predicted octanol–water partition coefficient (Wildman–Crippen LogP) is 5.49. The predicted molar refractivity (Wildman–Crippen MR) is 108 cm³/mol. The van der Waals surface area contributed by atoms with Gasteiger partial charge in [0.25, 0.3) is 0 Å². The summed E-state index contributed by atoms with van der Waals surface area (Å²) in [4.78, 5) is 0. The van der Waals surface area contributed by atoms with Crippen LogP contribution in [0.4, 0.5) is 0 Å². The van der Waals surface area contributed by atoms with Gasteiger partial charge in [-0.25, -0.2) is 4.57 Å². The summed E-state index contributed by atoms with van der Waals surface area (Å²) in [5, 5.41) is 15.4. The van der Waals surface area contributed by atoms with E-state index in [1.165, 1.54) is 16.3 Å². The second-order valence-corrected chi connectivity index (χ2v) is 8.07. The summed E-state index contributed by atoms with van der Waals surface area (Å²) in [6.07, 6.45) is 4.24. The van der Waals surface area contributed by atoms with E-state index in [0.717, 1.165) is 21.9 Å². The minimum atomic E-state index is -0.108. The van der Waals surface area contributed by atoms with Gasteiger partial charge in [0.1, 0.15) is 12.8 Å². The van der Waals surface area contributed by atoms with Crippen molar-refractivity contribution in [2.75, 3.05) is 0 Å².